The number of aromatic nitrogens is 2. The fourth-order valence-electron chi connectivity index (χ4n) is 4.10. The van der Waals surface area contributed by atoms with Gasteiger partial charge in [0, 0.05) is 31.9 Å². The van der Waals surface area contributed by atoms with Crippen molar-refractivity contribution in [2.45, 2.75) is 43.5 Å². The van der Waals surface area contributed by atoms with Crippen LogP contribution in [0.2, 0.25) is 0 Å². The fraction of sp³-hybridized carbons (Fsp3) is 0.333. The number of amides is 1. The van der Waals surface area contributed by atoms with Crippen molar-refractivity contribution in [1.29, 1.82) is 0 Å². The molecule has 0 fully saturated rings. The number of hydrogen-bond donors (Lipinski definition) is 1. The van der Waals surface area contributed by atoms with Gasteiger partial charge in [0.2, 0.25) is 10.0 Å². The van der Waals surface area contributed by atoms with E-state index in [0.29, 0.717) is 11.3 Å². The van der Waals surface area contributed by atoms with Crippen molar-refractivity contribution in [3.8, 4) is 5.69 Å². The van der Waals surface area contributed by atoms with Crippen molar-refractivity contribution >= 4 is 15.9 Å². The van der Waals surface area contributed by atoms with Crippen molar-refractivity contribution in [3.05, 3.63) is 77.1 Å². The average Bonchev–Trinajstić information content (AvgIpc) is 2.99. The Morgan fingerprint density at radius 2 is 1.69 bits per heavy atom. The maximum absolute atomic E-state index is 13.2. The van der Waals surface area contributed by atoms with Crippen LogP contribution in [0.5, 0.6) is 0 Å². The molecule has 8 heteroatoms. The summed E-state index contributed by atoms with van der Waals surface area (Å²) in [6.07, 6.45) is 4.92. The van der Waals surface area contributed by atoms with E-state index < -0.39 is 10.0 Å². The van der Waals surface area contributed by atoms with Gasteiger partial charge in [-0.3, -0.25) is 4.79 Å². The highest BCUT2D eigenvalue weighted by molar-refractivity contribution is 7.89. The third-order valence-corrected chi connectivity index (χ3v) is 7.73. The van der Waals surface area contributed by atoms with Crippen molar-refractivity contribution in [1.82, 2.24) is 19.4 Å². The molecule has 0 spiro atoms. The third kappa shape index (κ3) is 4.33. The Labute approximate surface area is 189 Å². The Balaban J connectivity index is 1.64. The molecule has 1 N–H and O–H groups in total. The first-order chi connectivity index (χ1) is 15.4. The monoisotopic (exact) mass is 452 g/mol. The molecule has 1 heterocycles. The van der Waals surface area contributed by atoms with Gasteiger partial charge in [-0.2, -0.15) is 5.10 Å². The smallest absolute Gasteiger partial charge is 0.272 e. The molecule has 1 aliphatic carbocycles. The topological polar surface area (TPSA) is 84.3 Å². The zero-order valence-corrected chi connectivity index (χ0v) is 19.2. The van der Waals surface area contributed by atoms with Gasteiger partial charge in [-0.1, -0.05) is 42.8 Å². The van der Waals surface area contributed by atoms with E-state index in [1.165, 1.54) is 18.4 Å². The molecule has 0 radical (unpaired) electrons. The Bertz CT molecular complexity index is 1220. The number of hydrogen-bond acceptors (Lipinski definition) is 4. The van der Waals surface area contributed by atoms with E-state index in [4.69, 9.17) is 5.10 Å². The lowest BCUT2D eigenvalue weighted by Gasteiger charge is -2.15. The van der Waals surface area contributed by atoms with Gasteiger partial charge in [0.1, 0.15) is 0 Å². The van der Waals surface area contributed by atoms with Crippen LogP contribution in [-0.4, -0.2) is 42.5 Å². The molecular formula is C24H28N4O3S. The molecule has 4 rings (SSSR count). The fourth-order valence-corrected chi connectivity index (χ4v) is 5.21. The van der Waals surface area contributed by atoms with Crippen LogP contribution in [0.25, 0.3) is 5.69 Å². The summed E-state index contributed by atoms with van der Waals surface area (Å²) in [6.45, 7) is 0.106. The largest absolute Gasteiger partial charge is 0.347 e. The third-order valence-electron chi connectivity index (χ3n) is 5.82. The standard InChI is InChI=1S/C24H28N4O3S/c1-27(2)32(30,31)22-16-10-9-11-18(22)17-25-24(29)23-20-14-7-4-8-15-21(20)28(26-23)19-12-5-3-6-13-19/h3,5-6,9-13,16H,4,7-8,14-15,17H2,1-2H3,(H,25,29). The Morgan fingerprint density at radius 3 is 2.44 bits per heavy atom. The van der Waals surface area contributed by atoms with E-state index in [2.05, 4.69) is 5.32 Å². The molecule has 0 saturated heterocycles. The second-order valence-corrected chi connectivity index (χ2v) is 10.3. The van der Waals surface area contributed by atoms with Crippen LogP contribution in [0.15, 0.2) is 59.5 Å². The van der Waals surface area contributed by atoms with E-state index >= 15 is 0 Å². The van der Waals surface area contributed by atoms with Crippen molar-refractivity contribution in [3.63, 3.8) is 0 Å². The summed E-state index contributed by atoms with van der Waals surface area (Å²) in [7, 11) is -0.616. The van der Waals surface area contributed by atoms with E-state index in [9.17, 15) is 13.2 Å². The molecule has 0 atom stereocenters. The van der Waals surface area contributed by atoms with Crippen molar-refractivity contribution in [2.75, 3.05) is 14.1 Å². The average molecular weight is 453 g/mol. The highest BCUT2D eigenvalue weighted by Crippen LogP contribution is 2.26. The van der Waals surface area contributed by atoms with E-state index in [1.54, 1.807) is 24.3 Å². The van der Waals surface area contributed by atoms with Crippen LogP contribution in [0.3, 0.4) is 0 Å². The van der Waals surface area contributed by atoms with Crippen LogP contribution in [0.4, 0.5) is 0 Å². The number of para-hydroxylation sites is 1. The van der Waals surface area contributed by atoms with Gasteiger partial charge in [-0.25, -0.2) is 17.4 Å². The molecule has 3 aromatic rings. The molecule has 0 saturated carbocycles. The molecule has 1 aliphatic rings. The zero-order chi connectivity index (χ0) is 22.7. The molecule has 0 bridgehead atoms. The van der Waals surface area contributed by atoms with E-state index in [1.807, 2.05) is 35.0 Å². The minimum Gasteiger partial charge on any atom is -0.347 e. The number of carbonyl (C=O) groups excluding carboxylic acids is 1. The lowest BCUT2D eigenvalue weighted by atomic mass is 10.1. The second kappa shape index (κ2) is 9.26. The zero-order valence-electron chi connectivity index (χ0n) is 18.4. The number of fused-ring (bicyclic) bond motifs is 1. The first kappa shape index (κ1) is 22.2. The van der Waals surface area contributed by atoms with Crippen LogP contribution in [-0.2, 0) is 29.4 Å². The van der Waals surface area contributed by atoms with Gasteiger partial charge in [0.25, 0.3) is 5.91 Å². The maximum Gasteiger partial charge on any atom is 0.272 e. The number of sulfonamides is 1. The summed E-state index contributed by atoms with van der Waals surface area (Å²) >= 11 is 0. The van der Waals surface area contributed by atoms with Gasteiger partial charge in [-0.15, -0.1) is 0 Å². The van der Waals surface area contributed by atoms with E-state index in [0.717, 1.165) is 49.0 Å². The van der Waals surface area contributed by atoms with Crippen LogP contribution < -0.4 is 5.32 Å². The lowest BCUT2D eigenvalue weighted by molar-refractivity contribution is 0.0944. The quantitative estimate of drug-likeness (QED) is 0.582. The minimum atomic E-state index is -3.61. The minimum absolute atomic E-state index is 0.106. The van der Waals surface area contributed by atoms with Gasteiger partial charge >= 0.3 is 0 Å². The van der Waals surface area contributed by atoms with Gasteiger partial charge in [0.05, 0.1) is 10.6 Å². The van der Waals surface area contributed by atoms with E-state index in [-0.39, 0.29) is 17.3 Å². The van der Waals surface area contributed by atoms with Gasteiger partial charge in [-0.05, 0) is 49.4 Å². The van der Waals surface area contributed by atoms with Crippen molar-refractivity contribution < 1.29 is 13.2 Å². The SMILES string of the molecule is CN(C)S(=O)(=O)c1ccccc1CNC(=O)c1nn(-c2ccccc2)c2c1CCCCC2. The summed E-state index contributed by atoms with van der Waals surface area (Å²) in [5, 5.41) is 7.60. The second-order valence-electron chi connectivity index (χ2n) is 8.16. The predicted molar refractivity (Wildman–Crippen MR) is 123 cm³/mol. The predicted octanol–water partition coefficient (Wildman–Crippen LogP) is 3.32. The lowest BCUT2D eigenvalue weighted by Crippen LogP contribution is -2.27. The molecule has 7 nitrogen and oxygen atoms in total. The molecule has 2 aromatic carbocycles. The molecule has 0 aliphatic heterocycles. The van der Waals surface area contributed by atoms with Crippen molar-refractivity contribution in [2.24, 2.45) is 0 Å². The summed E-state index contributed by atoms with van der Waals surface area (Å²) in [6, 6.07) is 16.6. The molecule has 1 amide bonds. The summed E-state index contributed by atoms with van der Waals surface area (Å²) in [4.78, 5) is 13.4. The summed E-state index contributed by atoms with van der Waals surface area (Å²) in [5.74, 6) is -0.283. The highest BCUT2D eigenvalue weighted by atomic mass is 32.2. The number of benzene rings is 2. The number of rotatable bonds is 6. The van der Waals surface area contributed by atoms with Gasteiger partial charge in [0.15, 0.2) is 5.69 Å². The first-order valence-electron chi connectivity index (χ1n) is 10.8. The molecule has 0 unspecified atom stereocenters. The van der Waals surface area contributed by atoms with Crippen LogP contribution in [0, 0.1) is 0 Å². The summed E-state index contributed by atoms with van der Waals surface area (Å²) in [5.41, 5.74) is 4.00. The Morgan fingerprint density at radius 1 is 1.00 bits per heavy atom. The van der Waals surface area contributed by atoms with Crippen LogP contribution >= 0.6 is 0 Å². The molecule has 168 valence electrons. The normalized spacial score (nSPS) is 14.1. The van der Waals surface area contributed by atoms with Crippen LogP contribution in [0.1, 0.15) is 46.6 Å². The highest BCUT2D eigenvalue weighted by Gasteiger charge is 2.26. The molecular weight excluding hydrogens is 424 g/mol. The summed E-state index contributed by atoms with van der Waals surface area (Å²) < 4.78 is 28.4. The Hall–Kier alpha value is -2.97. The Kier molecular flexibility index (Phi) is 6.43. The molecule has 32 heavy (non-hydrogen) atoms. The maximum atomic E-state index is 13.2. The number of nitrogens with zero attached hydrogens (tertiary/aromatic N) is 3. The van der Waals surface area contributed by atoms with Gasteiger partial charge < -0.3 is 5.32 Å². The number of carbonyl (C=O) groups is 1. The number of nitrogens with one attached hydrogen (secondary N) is 1. The molecule has 1 aromatic heterocycles. The first-order valence-corrected chi connectivity index (χ1v) is 12.3.